The predicted molar refractivity (Wildman–Crippen MR) is 60.2 cm³/mol. The van der Waals surface area contributed by atoms with Crippen LogP contribution < -0.4 is 4.74 Å². The smallest absolute Gasteiger partial charge is 0.123 e. The van der Waals surface area contributed by atoms with Gasteiger partial charge in [0.15, 0.2) is 0 Å². The van der Waals surface area contributed by atoms with Gasteiger partial charge >= 0.3 is 0 Å². The van der Waals surface area contributed by atoms with Crippen LogP contribution in [0.4, 0.5) is 0 Å². The van der Waals surface area contributed by atoms with E-state index in [0.717, 1.165) is 18.6 Å². The van der Waals surface area contributed by atoms with Crippen molar-refractivity contribution in [3.8, 4) is 5.75 Å². The van der Waals surface area contributed by atoms with Gasteiger partial charge in [0, 0.05) is 11.0 Å². The summed E-state index contributed by atoms with van der Waals surface area (Å²) in [5.41, 5.74) is 1.16. The van der Waals surface area contributed by atoms with Gasteiger partial charge in [0.2, 0.25) is 0 Å². The minimum atomic E-state index is -0.00845. The molecule has 1 aromatic carbocycles. The van der Waals surface area contributed by atoms with E-state index in [0.29, 0.717) is 0 Å². The van der Waals surface area contributed by atoms with Gasteiger partial charge in [-0.3, -0.25) is 0 Å². The van der Waals surface area contributed by atoms with Crippen LogP contribution in [0.2, 0.25) is 0 Å². The average Bonchev–Trinajstić information content (AvgIpc) is 2.98. The summed E-state index contributed by atoms with van der Waals surface area (Å²) in [5, 5.41) is 9.41. The zero-order valence-corrected chi connectivity index (χ0v) is 9.36. The first-order valence-electron chi connectivity index (χ1n) is 5.55. The third kappa shape index (κ3) is 2.00. The highest BCUT2D eigenvalue weighted by molar-refractivity contribution is 5.43. The summed E-state index contributed by atoms with van der Waals surface area (Å²) in [6.07, 6.45) is 2.32. The minimum Gasteiger partial charge on any atom is -0.491 e. The summed E-state index contributed by atoms with van der Waals surface area (Å²) in [5.74, 6) is 0.930. The van der Waals surface area contributed by atoms with E-state index < -0.39 is 0 Å². The van der Waals surface area contributed by atoms with E-state index in [1.54, 1.807) is 0 Å². The fraction of sp³-hybridized carbons (Fsp3) is 0.538. The molecule has 1 aliphatic carbocycles. The first-order chi connectivity index (χ1) is 7.18. The van der Waals surface area contributed by atoms with Crippen molar-refractivity contribution in [3.05, 3.63) is 29.8 Å². The van der Waals surface area contributed by atoms with E-state index >= 15 is 0 Å². The molecule has 0 amide bonds. The molecule has 0 unspecified atom stereocenters. The first-order valence-corrected chi connectivity index (χ1v) is 5.55. The molecule has 1 N–H and O–H groups in total. The molecule has 0 atom stereocenters. The van der Waals surface area contributed by atoms with Crippen LogP contribution in [-0.4, -0.2) is 17.8 Å². The van der Waals surface area contributed by atoms with E-state index in [1.165, 1.54) is 5.56 Å². The molecule has 1 aliphatic rings. The molecular formula is C13H18O2. The number of aliphatic hydroxyl groups is 1. The molecule has 0 spiro atoms. The Kier molecular flexibility index (Phi) is 2.70. The number of aliphatic hydroxyl groups excluding tert-OH is 1. The molecule has 15 heavy (non-hydrogen) atoms. The lowest BCUT2D eigenvalue weighted by molar-refractivity contribution is 0.224. The standard InChI is InChI=1S/C13H18O2/c1-10(2)15-12-6-4-3-5-11(12)13(9-14)7-8-13/h3-6,10,14H,7-9H2,1-2H3. The minimum absolute atomic E-state index is 0.00845. The summed E-state index contributed by atoms with van der Waals surface area (Å²) < 4.78 is 5.76. The molecule has 2 rings (SSSR count). The Hall–Kier alpha value is -1.02. The topological polar surface area (TPSA) is 29.5 Å². The van der Waals surface area contributed by atoms with Crippen LogP contribution in [0.3, 0.4) is 0 Å². The van der Waals surface area contributed by atoms with Crippen molar-refractivity contribution < 1.29 is 9.84 Å². The number of hydrogen-bond acceptors (Lipinski definition) is 2. The van der Waals surface area contributed by atoms with E-state index in [-0.39, 0.29) is 18.1 Å². The van der Waals surface area contributed by atoms with E-state index in [4.69, 9.17) is 4.74 Å². The summed E-state index contributed by atoms with van der Waals surface area (Å²) in [6, 6.07) is 8.05. The number of benzene rings is 1. The number of para-hydroxylation sites is 1. The molecule has 0 aliphatic heterocycles. The summed E-state index contributed by atoms with van der Waals surface area (Å²) in [6.45, 7) is 4.27. The van der Waals surface area contributed by atoms with Gasteiger partial charge in [0.25, 0.3) is 0 Å². The van der Waals surface area contributed by atoms with Crippen molar-refractivity contribution in [2.75, 3.05) is 6.61 Å². The number of hydrogen-bond donors (Lipinski definition) is 1. The van der Waals surface area contributed by atoms with Crippen LogP contribution in [0.5, 0.6) is 5.75 Å². The fourth-order valence-corrected chi connectivity index (χ4v) is 1.92. The highest BCUT2D eigenvalue weighted by Crippen LogP contribution is 2.50. The summed E-state index contributed by atoms with van der Waals surface area (Å²) in [7, 11) is 0. The van der Waals surface area contributed by atoms with Gasteiger partial charge in [-0.2, -0.15) is 0 Å². The monoisotopic (exact) mass is 206 g/mol. The predicted octanol–water partition coefficient (Wildman–Crippen LogP) is 2.50. The lowest BCUT2D eigenvalue weighted by atomic mass is 9.96. The van der Waals surface area contributed by atoms with Crippen molar-refractivity contribution in [2.24, 2.45) is 0 Å². The van der Waals surface area contributed by atoms with Gasteiger partial charge in [-0.1, -0.05) is 18.2 Å². The van der Waals surface area contributed by atoms with E-state index in [2.05, 4.69) is 6.07 Å². The maximum atomic E-state index is 9.41. The van der Waals surface area contributed by atoms with Crippen LogP contribution in [0.1, 0.15) is 32.3 Å². The van der Waals surface area contributed by atoms with Crippen LogP contribution in [-0.2, 0) is 5.41 Å². The molecule has 0 aromatic heterocycles. The first kappa shape index (κ1) is 10.5. The summed E-state index contributed by atoms with van der Waals surface area (Å²) in [4.78, 5) is 0. The molecule has 2 heteroatoms. The van der Waals surface area contributed by atoms with Crippen molar-refractivity contribution >= 4 is 0 Å². The van der Waals surface area contributed by atoms with Gasteiger partial charge in [-0.15, -0.1) is 0 Å². The van der Waals surface area contributed by atoms with E-state index in [1.807, 2.05) is 32.0 Å². The quantitative estimate of drug-likeness (QED) is 0.820. The zero-order valence-electron chi connectivity index (χ0n) is 9.36. The third-order valence-electron chi connectivity index (χ3n) is 2.98. The third-order valence-corrected chi connectivity index (χ3v) is 2.98. The Morgan fingerprint density at radius 3 is 2.53 bits per heavy atom. The second-order valence-electron chi connectivity index (χ2n) is 4.60. The van der Waals surface area contributed by atoms with Crippen molar-refractivity contribution in [1.29, 1.82) is 0 Å². The van der Waals surface area contributed by atoms with Crippen LogP contribution >= 0.6 is 0 Å². The Balaban J connectivity index is 2.30. The Labute approximate surface area is 90.9 Å². The van der Waals surface area contributed by atoms with Gasteiger partial charge in [0.1, 0.15) is 5.75 Å². The zero-order chi connectivity index (χ0) is 10.9. The van der Waals surface area contributed by atoms with Gasteiger partial charge < -0.3 is 9.84 Å². The maximum Gasteiger partial charge on any atom is 0.123 e. The van der Waals surface area contributed by atoms with Crippen LogP contribution in [0.15, 0.2) is 24.3 Å². The maximum absolute atomic E-state index is 9.41. The highest BCUT2D eigenvalue weighted by Gasteiger charge is 2.45. The molecule has 82 valence electrons. The molecule has 1 saturated carbocycles. The molecule has 0 heterocycles. The second kappa shape index (κ2) is 3.86. The molecular weight excluding hydrogens is 188 g/mol. The molecule has 0 bridgehead atoms. The van der Waals surface area contributed by atoms with Gasteiger partial charge in [0.05, 0.1) is 12.7 Å². The normalized spacial score (nSPS) is 17.9. The van der Waals surface area contributed by atoms with Crippen molar-refractivity contribution in [1.82, 2.24) is 0 Å². The lowest BCUT2D eigenvalue weighted by Crippen LogP contribution is -2.15. The van der Waals surface area contributed by atoms with E-state index in [9.17, 15) is 5.11 Å². The number of rotatable bonds is 4. The molecule has 0 saturated heterocycles. The SMILES string of the molecule is CC(C)Oc1ccccc1C1(CO)CC1. The molecule has 2 nitrogen and oxygen atoms in total. The van der Waals surface area contributed by atoms with Gasteiger partial charge in [-0.25, -0.2) is 0 Å². The Morgan fingerprint density at radius 2 is 2.00 bits per heavy atom. The molecule has 1 fully saturated rings. The Bertz CT molecular complexity index is 340. The highest BCUT2D eigenvalue weighted by atomic mass is 16.5. The van der Waals surface area contributed by atoms with Crippen LogP contribution in [0, 0.1) is 0 Å². The summed E-state index contributed by atoms with van der Waals surface area (Å²) >= 11 is 0. The fourth-order valence-electron chi connectivity index (χ4n) is 1.92. The lowest BCUT2D eigenvalue weighted by Gasteiger charge is -2.19. The largest absolute Gasteiger partial charge is 0.491 e. The number of ether oxygens (including phenoxy) is 1. The van der Waals surface area contributed by atoms with Gasteiger partial charge in [-0.05, 0) is 32.8 Å². The average molecular weight is 206 g/mol. The molecule has 1 aromatic rings. The van der Waals surface area contributed by atoms with Crippen molar-refractivity contribution in [2.45, 2.75) is 38.2 Å². The second-order valence-corrected chi connectivity index (χ2v) is 4.60. The Morgan fingerprint density at radius 1 is 1.33 bits per heavy atom. The molecule has 0 radical (unpaired) electrons. The van der Waals surface area contributed by atoms with Crippen LogP contribution in [0.25, 0.3) is 0 Å². The van der Waals surface area contributed by atoms with Crippen molar-refractivity contribution in [3.63, 3.8) is 0 Å².